The molecular weight excluding hydrogens is 374 g/mol. The molecule has 0 radical (unpaired) electrons. The monoisotopic (exact) mass is 411 g/mol. The topological polar surface area (TPSA) is 92.0 Å². The minimum absolute atomic E-state index is 0.231. The van der Waals surface area contributed by atoms with Gasteiger partial charge in [-0.2, -0.15) is 0 Å². The first kappa shape index (κ1) is 23.6. The van der Waals surface area contributed by atoms with Gasteiger partial charge >= 0.3 is 0 Å². The quantitative estimate of drug-likeness (QED) is 0.656. The van der Waals surface area contributed by atoms with E-state index in [1.807, 2.05) is 47.0 Å². The number of nitrogens with one attached hydrogen (secondary N) is 2. The van der Waals surface area contributed by atoms with Crippen molar-refractivity contribution in [1.82, 2.24) is 15.0 Å². The number of rotatable bonds is 6. The van der Waals surface area contributed by atoms with Gasteiger partial charge in [0.25, 0.3) is 0 Å². The summed E-state index contributed by atoms with van der Waals surface area (Å²) >= 11 is 0. The van der Waals surface area contributed by atoms with Gasteiger partial charge in [-0.25, -0.2) is 9.97 Å². The van der Waals surface area contributed by atoms with E-state index in [1.165, 1.54) is 0 Å². The number of aromatic nitrogens is 3. The summed E-state index contributed by atoms with van der Waals surface area (Å²) < 4.78 is 0. The highest BCUT2D eigenvalue weighted by Gasteiger charge is 2.29. The molecule has 3 heterocycles. The Morgan fingerprint density at radius 1 is 1.23 bits per heavy atom. The molecule has 0 spiro atoms. The molecule has 0 amide bonds. The minimum atomic E-state index is 0.231. The lowest BCUT2D eigenvalue weighted by atomic mass is 9.80. The van der Waals surface area contributed by atoms with E-state index in [-0.39, 0.29) is 5.41 Å². The lowest BCUT2D eigenvalue weighted by Crippen LogP contribution is -2.42. The summed E-state index contributed by atoms with van der Waals surface area (Å²) in [5.74, 6) is 1.60. The lowest BCUT2D eigenvalue weighted by Gasteiger charge is -2.39. The van der Waals surface area contributed by atoms with Gasteiger partial charge in [0, 0.05) is 37.7 Å². The van der Waals surface area contributed by atoms with Crippen LogP contribution in [-0.2, 0) is 0 Å². The van der Waals surface area contributed by atoms with Crippen LogP contribution in [0.1, 0.15) is 50.6 Å². The summed E-state index contributed by atoms with van der Waals surface area (Å²) in [7, 11) is 1.86. The normalized spacial score (nSPS) is 15.1. The second-order valence-electron chi connectivity index (χ2n) is 7.85. The van der Waals surface area contributed by atoms with Crippen LogP contribution in [0.3, 0.4) is 0 Å². The molecule has 4 N–H and O–H groups in total. The molecule has 0 bridgehead atoms. The van der Waals surface area contributed by atoms with Crippen molar-refractivity contribution in [2.24, 2.45) is 11.1 Å². The van der Waals surface area contributed by atoms with Crippen LogP contribution >= 0.6 is 0 Å². The fraction of sp³-hybridized carbons (Fsp3) is 0.522. The third-order valence-corrected chi connectivity index (χ3v) is 5.81. The van der Waals surface area contributed by atoms with Crippen LogP contribution in [0.5, 0.6) is 0 Å². The molecule has 7 nitrogen and oxygen atoms in total. The van der Waals surface area contributed by atoms with Crippen LogP contribution in [0, 0.1) is 19.3 Å². The van der Waals surface area contributed by atoms with Gasteiger partial charge in [0.2, 0.25) is 0 Å². The second kappa shape index (κ2) is 10.4. The van der Waals surface area contributed by atoms with Crippen molar-refractivity contribution >= 4 is 23.0 Å². The van der Waals surface area contributed by atoms with Gasteiger partial charge in [0.15, 0.2) is 5.82 Å². The Balaban J connectivity index is 0.00000155. The number of anilines is 3. The standard InChI is InChI=1S/C21H31N7.C2H6/c1-14-15(2)24-9-6-17(14)26-16(3)19-20(23-5)27-18(12-25-19)28-10-7-21(4,13-22)8-11-28;1-2/h6,9,12H,3,7-8,10-11,13,22H2,1-2,4-5H3,(H,23,27)(H,24,26);1-2H3. The smallest absolute Gasteiger partial charge is 0.156 e. The maximum Gasteiger partial charge on any atom is 0.156 e. The molecule has 2 aromatic heterocycles. The highest BCUT2D eigenvalue weighted by atomic mass is 15.2. The van der Waals surface area contributed by atoms with Crippen molar-refractivity contribution in [3.8, 4) is 0 Å². The van der Waals surface area contributed by atoms with E-state index in [2.05, 4.69) is 39.0 Å². The molecule has 0 aromatic carbocycles. The van der Waals surface area contributed by atoms with E-state index in [0.29, 0.717) is 17.2 Å². The second-order valence-corrected chi connectivity index (χ2v) is 7.85. The summed E-state index contributed by atoms with van der Waals surface area (Å²) in [6, 6.07) is 1.94. The summed E-state index contributed by atoms with van der Waals surface area (Å²) in [6.07, 6.45) is 5.75. The molecule has 164 valence electrons. The molecule has 7 heteroatoms. The fourth-order valence-corrected chi connectivity index (χ4v) is 3.40. The summed E-state index contributed by atoms with van der Waals surface area (Å²) in [5.41, 5.74) is 10.6. The van der Waals surface area contributed by atoms with Gasteiger partial charge in [-0.05, 0) is 50.3 Å². The Kier molecular flexibility index (Phi) is 8.17. The third-order valence-electron chi connectivity index (χ3n) is 5.81. The number of aryl methyl sites for hydroxylation is 1. The maximum atomic E-state index is 5.93. The zero-order valence-corrected chi connectivity index (χ0v) is 19.3. The van der Waals surface area contributed by atoms with Crippen molar-refractivity contribution in [1.29, 1.82) is 0 Å². The molecule has 1 aliphatic rings. The van der Waals surface area contributed by atoms with Gasteiger partial charge in [0.05, 0.1) is 11.9 Å². The molecule has 3 rings (SSSR count). The Morgan fingerprint density at radius 3 is 2.50 bits per heavy atom. The predicted molar refractivity (Wildman–Crippen MR) is 128 cm³/mol. The fourth-order valence-electron chi connectivity index (χ4n) is 3.40. The number of pyridine rings is 1. The molecule has 1 fully saturated rings. The number of nitrogens with zero attached hydrogens (tertiary/aromatic N) is 4. The van der Waals surface area contributed by atoms with Crippen LogP contribution < -0.4 is 21.3 Å². The molecule has 1 aliphatic heterocycles. The van der Waals surface area contributed by atoms with Crippen LogP contribution in [0.25, 0.3) is 5.70 Å². The molecular formula is C23H37N7. The van der Waals surface area contributed by atoms with Crippen molar-refractivity contribution in [3.63, 3.8) is 0 Å². The van der Waals surface area contributed by atoms with Gasteiger partial charge in [-0.15, -0.1) is 0 Å². The Labute approximate surface area is 181 Å². The van der Waals surface area contributed by atoms with Crippen molar-refractivity contribution in [2.45, 2.75) is 47.5 Å². The van der Waals surface area contributed by atoms with Crippen molar-refractivity contribution in [2.75, 3.05) is 42.2 Å². The minimum Gasteiger partial charge on any atom is -0.371 e. The Bertz CT molecular complexity index is 855. The summed E-state index contributed by atoms with van der Waals surface area (Å²) in [4.78, 5) is 16.0. The maximum absolute atomic E-state index is 5.93. The average Bonchev–Trinajstić information content (AvgIpc) is 2.78. The van der Waals surface area contributed by atoms with Gasteiger partial charge in [-0.1, -0.05) is 27.4 Å². The zero-order chi connectivity index (χ0) is 22.3. The first-order valence-corrected chi connectivity index (χ1v) is 10.8. The van der Waals surface area contributed by atoms with E-state index in [9.17, 15) is 0 Å². The molecule has 2 aromatic rings. The van der Waals surface area contributed by atoms with E-state index >= 15 is 0 Å². The molecule has 1 saturated heterocycles. The van der Waals surface area contributed by atoms with E-state index in [1.54, 1.807) is 6.20 Å². The SMILES string of the molecule is C=C(Nc1ccnc(C)c1C)c1ncc(N2CCC(C)(CN)CC2)nc1NC.CC. The number of hydrogen-bond donors (Lipinski definition) is 3. The molecule has 0 atom stereocenters. The molecule has 30 heavy (non-hydrogen) atoms. The molecule has 0 unspecified atom stereocenters. The molecule has 0 aliphatic carbocycles. The first-order chi connectivity index (χ1) is 14.4. The first-order valence-electron chi connectivity index (χ1n) is 10.8. The number of nitrogens with two attached hydrogens (primary N) is 1. The largest absolute Gasteiger partial charge is 0.371 e. The van der Waals surface area contributed by atoms with Crippen LogP contribution in [-0.4, -0.2) is 41.6 Å². The van der Waals surface area contributed by atoms with Crippen molar-refractivity contribution in [3.05, 3.63) is 42.0 Å². The highest BCUT2D eigenvalue weighted by molar-refractivity contribution is 5.80. The van der Waals surface area contributed by atoms with Gasteiger partial charge in [0.1, 0.15) is 11.5 Å². The average molecular weight is 412 g/mol. The number of hydrogen-bond acceptors (Lipinski definition) is 7. The highest BCUT2D eigenvalue weighted by Crippen LogP contribution is 2.32. The Morgan fingerprint density at radius 2 is 1.90 bits per heavy atom. The Hall–Kier alpha value is -2.67. The number of piperidine rings is 1. The van der Waals surface area contributed by atoms with Gasteiger partial charge in [-0.3, -0.25) is 4.98 Å². The third kappa shape index (κ3) is 5.27. The van der Waals surface area contributed by atoms with E-state index in [0.717, 1.165) is 55.2 Å². The van der Waals surface area contributed by atoms with E-state index in [4.69, 9.17) is 10.7 Å². The van der Waals surface area contributed by atoms with Crippen molar-refractivity contribution < 1.29 is 0 Å². The summed E-state index contributed by atoms with van der Waals surface area (Å²) in [5, 5.41) is 6.52. The van der Waals surface area contributed by atoms with Crippen LogP contribution in [0.2, 0.25) is 0 Å². The lowest BCUT2D eigenvalue weighted by molar-refractivity contribution is 0.258. The van der Waals surface area contributed by atoms with Gasteiger partial charge < -0.3 is 21.3 Å². The predicted octanol–water partition coefficient (Wildman–Crippen LogP) is 4.20. The zero-order valence-electron chi connectivity index (χ0n) is 19.3. The van der Waals surface area contributed by atoms with E-state index < -0.39 is 0 Å². The van der Waals surface area contributed by atoms with Crippen LogP contribution in [0.4, 0.5) is 17.3 Å². The summed E-state index contributed by atoms with van der Waals surface area (Å²) in [6.45, 7) is 17.1. The molecule has 0 saturated carbocycles. The van der Waals surface area contributed by atoms with Crippen LogP contribution in [0.15, 0.2) is 25.0 Å².